The van der Waals surface area contributed by atoms with Crippen LogP contribution in [0.2, 0.25) is 0 Å². The minimum Gasteiger partial charge on any atom is -0.274 e. The Kier molecular flexibility index (Phi) is 2.81. The van der Waals surface area contributed by atoms with Crippen LogP contribution in [-0.2, 0) is 9.59 Å². The minimum absolute atomic E-state index is 0.0309. The molecule has 0 spiro atoms. The lowest BCUT2D eigenvalue weighted by Gasteiger charge is -2.28. The molecule has 0 radical (unpaired) electrons. The topological polar surface area (TPSA) is 80.5 Å². The fraction of sp³-hybridized carbons (Fsp3) is 0.300. The van der Waals surface area contributed by atoms with E-state index in [4.69, 9.17) is 0 Å². The summed E-state index contributed by atoms with van der Waals surface area (Å²) < 4.78 is 0. The van der Waals surface area contributed by atoms with Crippen LogP contribution in [0, 0.1) is 33.3 Å². The Hall–Kier alpha value is -3.02. The molecule has 2 amide bonds. The van der Waals surface area contributed by atoms with Crippen LogP contribution >= 0.6 is 0 Å². The molecule has 1 saturated heterocycles. The predicted molar refractivity (Wildman–Crippen MR) is 95.4 cm³/mol. The van der Waals surface area contributed by atoms with Crippen molar-refractivity contribution in [2.24, 2.45) is 23.2 Å². The highest BCUT2D eigenvalue weighted by Crippen LogP contribution is 2.61. The van der Waals surface area contributed by atoms with Crippen molar-refractivity contribution in [2.45, 2.75) is 13.3 Å². The number of nitro benzene ring substituents is 1. The van der Waals surface area contributed by atoms with E-state index in [1.807, 2.05) is 6.92 Å². The molecule has 1 saturated carbocycles. The zero-order valence-corrected chi connectivity index (χ0v) is 14.1. The predicted octanol–water partition coefficient (Wildman–Crippen LogP) is 3.45. The summed E-state index contributed by atoms with van der Waals surface area (Å²) in [6, 6.07) is 9.75. The van der Waals surface area contributed by atoms with Gasteiger partial charge in [-0.05, 0) is 37.3 Å². The van der Waals surface area contributed by atoms with Gasteiger partial charge in [-0.2, -0.15) is 0 Å². The summed E-state index contributed by atoms with van der Waals surface area (Å²) >= 11 is 0. The van der Waals surface area contributed by atoms with Crippen molar-refractivity contribution >= 4 is 34.0 Å². The van der Waals surface area contributed by atoms with Gasteiger partial charge in [0.15, 0.2) is 0 Å². The molecule has 4 atom stereocenters. The number of nitrogens with zero attached hydrogens (tertiary/aromatic N) is 2. The fourth-order valence-corrected chi connectivity index (χ4v) is 5.16. The van der Waals surface area contributed by atoms with Crippen LogP contribution in [0.4, 0.5) is 11.4 Å². The number of nitro groups is 1. The van der Waals surface area contributed by atoms with Gasteiger partial charge in [0, 0.05) is 11.5 Å². The minimum atomic E-state index is -0.709. The Morgan fingerprint density at radius 2 is 1.85 bits per heavy atom. The van der Waals surface area contributed by atoms with Gasteiger partial charge in [-0.3, -0.25) is 19.7 Å². The van der Waals surface area contributed by atoms with Gasteiger partial charge < -0.3 is 0 Å². The van der Waals surface area contributed by atoms with Crippen molar-refractivity contribution in [3.05, 3.63) is 58.7 Å². The second-order valence-electron chi connectivity index (χ2n) is 7.54. The maximum atomic E-state index is 13.3. The highest BCUT2D eigenvalue weighted by Gasteiger charge is 2.67. The summed E-state index contributed by atoms with van der Waals surface area (Å²) in [5, 5.41) is 12.3. The van der Waals surface area contributed by atoms with Gasteiger partial charge in [-0.25, -0.2) is 4.90 Å². The Morgan fingerprint density at radius 3 is 2.54 bits per heavy atom. The van der Waals surface area contributed by atoms with Crippen molar-refractivity contribution in [1.29, 1.82) is 0 Å². The number of imide groups is 1. The Bertz CT molecular complexity index is 1040. The van der Waals surface area contributed by atoms with Crippen LogP contribution in [-0.4, -0.2) is 16.7 Å². The van der Waals surface area contributed by atoms with E-state index in [0.29, 0.717) is 16.5 Å². The van der Waals surface area contributed by atoms with Crippen molar-refractivity contribution in [1.82, 2.24) is 0 Å². The van der Waals surface area contributed by atoms with E-state index in [2.05, 4.69) is 12.2 Å². The van der Waals surface area contributed by atoms with Crippen LogP contribution in [0.25, 0.3) is 10.8 Å². The zero-order chi connectivity index (χ0) is 18.2. The summed E-state index contributed by atoms with van der Waals surface area (Å²) in [5.74, 6) is -0.519. The fourth-order valence-electron chi connectivity index (χ4n) is 5.16. The van der Waals surface area contributed by atoms with Crippen LogP contribution in [0.15, 0.2) is 48.6 Å². The maximum Gasteiger partial charge on any atom is 0.277 e. The van der Waals surface area contributed by atoms with Crippen molar-refractivity contribution in [2.75, 3.05) is 4.90 Å². The third-order valence-corrected chi connectivity index (χ3v) is 6.43. The summed E-state index contributed by atoms with van der Waals surface area (Å²) in [4.78, 5) is 38.7. The Morgan fingerprint density at radius 1 is 1.12 bits per heavy atom. The third-order valence-electron chi connectivity index (χ3n) is 6.43. The molecular weight excluding hydrogens is 332 g/mol. The summed E-state index contributed by atoms with van der Waals surface area (Å²) in [6.45, 7) is 1.89. The van der Waals surface area contributed by atoms with Crippen LogP contribution in [0.3, 0.4) is 0 Å². The van der Waals surface area contributed by atoms with Gasteiger partial charge in [0.05, 0.1) is 27.3 Å². The first kappa shape index (κ1) is 15.3. The quantitative estimate of drug-likeness (QED) is 0.360. The Balaban J connectivity index is 1.71. The van der Waals surface area contributed by atoms with Gasteiger partial charge >= 0.3 is 0 Å². The van der Waals surface area contributed by atoms with E-state index in [9.17, 15) is 19.7 Å². The molecule has 4 unspecified atom stereocenters. The number of hydrogen-bond acceptors (Lipinski definition) is 4. The standard InChI is InChI=1S/C20H16N2O4/c1-20-12-7-6-11(10-12)17(20)18(23)21(19(20)24)15-8-9-16(22(25)26)14-5-3-2-4-13(14)15/h2-9,11-12,17H,10H2,1H3. The van der Waals surface area contributed by atoms with Crippen LogP contribution in [0.1, 0.15) is 13.3 Å². The number of carbonyl (C=O) groups excluding carboxylic acids is 2. The van der Waals surface area contributed by atoms with Gasteiger partial charge in [0.25, 0.3) is 5.69 Å². The van der Waals surface area contributed by atoms with E-state index in [-0.39, 0.29) is 35.3 Å². The molecule has 0 aromatic heterocycles. The molecule has 1 aliphatic heterocycles. The summed E-state index contributed by atoms with van der Waals surface area (Å²) in [6.07, 6.45) is 4.97. The summed E-state index contributed by atoms with van der Waals surface area (Å²) in [7, 11) is 0. The first-order chi connectivity index (χ1) is 12.4. The second kappa shape index (κ2) is 4.78. The zero-order valence-electron chi connectivity index (χ0n) is 14.1. The first-order valence-corrected chi connectivity index (χ1v) is 8.67. The normalized spacial score (nSPS) is 31.9. The molecule has 2 bridgehead atoms. The van der Waals surface area contributed by atoms with Gasteiger partial charge in [-0.15, -0.1) is 0 Å². The molecule has 26 heavy (non-hydrogen) atoms. The molecule has 1 heterocycles. The maximum absolute atomic E-state index is 13.3. The number of non-ortho nitro benzene ring substituents is 1. The molecule has 6 heteroatoms. The molecule has 0 N–H and O–H groups in total. The van der Waals surface area contributed by atoms with E-state index in [1.54, 1.807) is 24.3 Å². The average molecular weight is 348 g/mol. The lowest BCUT2D eigenvalue weighted by molar-refractivity contribution is -0.383. The third kappa shape index (κ3) is 1.62. The molecule has 2 aromatic carbocycles. The molecular formula is C20H16N2O4. The molecule has 2 aromatic rings. The lowest BCUT2D eigenvalue weighted by Crippen LogP contribution is -2.37. The molecule has 130 valence electrons. The molecule has 6 nitrogen and oxygen atoms in total. The van der Waals surface area contributed by atoms with Crippen LogP contribution in [0.5, 0.6) is 0 Å². The van der Waals surface area contributed by atoms with Crippen molar-refractivity contribution in [3.8, 4) is 0 Å². The lowest BCUT2D eigenvalue weighted by atomic mass is 9.71. The number of amides is 2. The number of fused-ring (bicyclic) bond motifs is 6. The van der Waals surface area contributed by atoms with Crippen molar-refractivity contribution in [3.63, 3.8) is 0 Å². The van der Waals surface area contributed by atoms with Crippen molar-refractivity contribution < 1.29 is 14.5 Å². The SMILES string of the molecule is CC12C(=O)N(c3ccc([N+](=O)[O-])c4ccccc34)C(=O)C1C1C=CC2C1. The van der Waals surface area contributed by atoms with E-state index in [0.717, 1.165) is 6.42 Å². The second-order valence-corrected chi connectivity index (χ2v) is 7.54. The molecule has 2 fully saturated rings. The number of allylic oxidation sites excluding steroid dienone is 2. The van der Waals surface area contributed by atoms with E-state index < -0.39 is 10.3 Å². The molecule has 2 aliphatic carbocycles. The number of hydrogen-bond donors (Lipinski definition) is 0. The van der Waals surface area contributed by atoms with Gasteiger partial charge in [-0.1, -0.05) is 30.4 Å². The number of carbonyl (C=O) groups is 2. The Labute approximate surface area is 149 Å². The number of benzene rings is 2. The smallest absolute Gasteiger partial charge is 0.274 e. The molecule has 3 aliphatic rings. The summed E-state index contributed by atoms with van der Waals surface area (Å²) in [5.41, 5.74) is -0.299. The molecule has 5 rings (SSSR count). The van der Waals surface area contributed by atoms with Crippen LogP contribution < -0.4 is 4.90 Å². The average Bonchev–Trinajstić information content (AvgIpc) is 3.26. The highest BCUT2D eigenvalue weighted by molar-refractivity contribution is 6.27. The highest BCUT2D eigenvalue weighted by atomic mass is 16.6. The van der Waals surface area contributed by atoms with E-state index >= 15 is 0 Å². The first-order valence-electron chi connectivity index (χ1n) is 8.67. The largest absolute Gasteiger partial charge is 0.277 e. The van der Waals surface area contributed by atoms with E-state index in [1.165, 1.54) is 17.0 Å². The number of rotatable bonds is 2. The van der Waals surface area contributed by atoms with Gasteiger partial charge in [0.2, 0.25) is 11.8 Å². The van der Waals surface area contributed by atoms with Gasteiger partial charge in [0.1, 0.15) is 0 Å². The monoisotopic (exact) mass is 348 g/mol. The number of anilines is 1.